The Hall–Kier alpha value is -1.84. The van der Waals surface area contributed by atoms with E-state index in [9.17, 15) is 4.79 Å². The lowest BCUT2D eigenvalue weighted by Crippen LogP contribution is -2.11. The van der Waals surface area contributed by atoms with E-state index in [4.69, 9.17) is 9.84 Å². The summed E-state index contributed by atoms with van der Waals surface area (Å²) >= 11 is 0. The van der Waals surface area contributed by atoms with Crippen molar-refractivity contribution in [3.05, 3.63) is 30.0 Å². The van der Waals surface area contributed by atoms with Crippen molar-refractivity contribution in [2.45, 2.75) is 31.8 Å². The molecule has 1 aliphatic carbocycles. The number of hydrogen-bond acceptors (Lipinski definition) is 3. The van der Waals surface area contributed by atoms with Crippen LogP contribution < -0.4 is 4.74 Å². The first-order valence-electron chi connectivity index (χ1n) is 5.78. The highest BCUT2D eigenvalue weighted by Crippen LogP contribution is 2.22. The smallest absolute Gasteiger partial charge is 0.328 e. The van der Waals surface area contributed by atoms with E-state index >= 15 is 0 Å². The maximum Gasteiger partial charge on any atom is 0.328 e. The van der Waals surface area contributed by atoms with Gasteiger partial charge in [0.05, 0.1) is 0 Å². The van der Waals surface area contributed by atoms with Crippen LogP contribution in [0.15, 0.2) is 24.4 Å². The molecule has 0 radical (unpaired) electrons. The number of nitrogens with zero attached hydrogens (tertiary/aromatic N) is 1. The fourth-order valence-electron chi connectivity index (χ4n) is 1.90. The zero-order valence-electron chi connectivity index (χ0n) is 9.50. The average Bonchev–Trinajstić information content (AvgIpc) is 2.81. The van der Waals surface area contributed by atoms with Gasteiger partial charge in [-0.05, 0) is 43.4 Å². The van der Waals surface area contributed by atoms with Gasteiger partial charge in [-0.2, -0.15) is 0 Å². The first kappa shape index (κ1) is 11.6. The topological polar surface area (TPSA) is 59.4 Å². The van der Waals surface area contributed by atoms with Crippen molar-refractivity contribution in [2.75, 3.05) is 0 Å². The SMILES string of the molecule is O=C(O)/C=C\c1ccc(OC2CCCC2)nc1. The summed E-state index contributed by atoms with van der Waals surface area (Å²) in [5.41, 5.74) is 0.756. The van der Waals surface area contributed by atoms with Crippen molar-refractivity contribution in [3.8, 4) is 5.88 Å². The molecule has 0 amide bonds. The Balaban J connectivity index is 1.95. The summed E-state index contributed by atoms with van der Waals surface area (Å²) in [5.74, 6) is -0.347. The summed E-state index contributed by atoms with van der Waals surface area (Å²) in [6.07, 6.45) is 9.16. The van der Waals surface area contributed by atoms with Gasteiger partial charge >= 0.3 is 5.97 Å². The lowest BCUT2D eigenvalue weighted by atomic mass is 10.2. The number of rotatable bonds is 4. The van der Waals surface area contributed by atoms with Crippen molar-refractivity contribution < 1.29 is 14.6 Å². The molecule has 4 nitrogen and oxygen atoms in total. The quantitative estimate of drug-likeness (QED) is 0.812. The molecule has 2 rings (SSSR count). The number of ether oxygens (including phenoxy) is 1. The molecule has 1 aliphatic rings. The summed E-state index contributed by atoms with van der Waals surface area (Å²) in [4.78, 5) is 14.5. The maximum atomic E-state index is 10.3. The number of hydrogen-bond donors (Lipinski definition) is 1. The summed E-state index contributed by atoms with van der Waals surface area (Å²) in [7, 11) is 0. The molecule has 0 unspecified atom stereocenters. The van der Waals surface area contributed by atoms with Gasteiger partial charge in [0.15, 0.2) is 0 Å². The van der Waals surface area contributed by atoms with Crippen LogP contribution in [0.1, 0.15) is 31.2 Å². The molecular formula is C13H15NO3. The second-order valence-electron chi connectivity index (χ2n) is 4.13. The van der Waals surface area contributed by atoms with Gasteiger partial charge in [0.1, 0.15) is 6.10 Å². The highest BCUT2D eigenvalue weighted by molar-refractivity contribution is 5.85. The minimum Gasteiger partial charge on any atom is -0.478 e. The first-order valence-corrected chi connectivity index (χ1v) is 5.78. The van der Waals surface area contributed by atoms with Crippen molar-refractivity contribution in [1.29, 1.82) is 0 Å². The van der Waals surface area contributed by atoms with E-state index in [1.807, 2.05) is 0 Å². The van der Waals surface area contributed by atoms with E-state index in [0.717, 1.165) is 24.5 Å². The van der Waals surface area contributed by atoms with E-state index in [1.54, 1.807) is 18.3 Å². The molecular weight excluding hydrogens is 218 g/mol. The molecule has 1 N–H and O–H groups in total. The Kier molecular flexibility index (Phi) is 3.75. The van der Waals surface area contributed by atoms with Crippen LogP contribution in [0.25, 0.3) is 6.08 Å². The van der Waals surface area contributed by atoms with Crippen LogP contribution in [-0.4, -0.2) is 22.2 Å². The molecule has 1 fully saturated rings. The Morgan fingerprint density at radius 1 is 1.41 bits per heavy atom. The van der Waals surface area contributed by atoms with Crippen LogP contribution >= 0.6 is 0 Å². The third-order valence-corrected chi connectivity index (χ3v) is 2.77. The van der Waals surface area contributed by atoms with Gasteiger partial charge in [0.2, 0.25) is 5.88 Å². The van der Waals surface area contributed by atoms with E-state index in [1.165, 1.54) is 18.9 Å². The van der Waals surface area contributed by atoms with Crippen LogP contribution in [-0.2, 0) is 4.79 Å². The Bertz CT molecular complexity index is 405. The minimum absolute atomic E-state index is 0.294. The van der Waals surface area contributed by atoms with Crippen LogP contribution in [0, 0.1) is 0 Å². The fraction of sp³-hybridized carbons (Fsp3) is 0.385. The van der Waals surface area contributed by atoms with Crippen molar-refractivity contribution >= 4 is 12.0 Å². The zero-order chi connectivity index (χ0) is 12.1. The number of aromatic nitrogens is 1. The second kappa shape index (κ2) is 5.48. The average molecular weight is 233 g/mol. The molecule has 1 saturated carbocycles. The molecule has 90 valence electrons. The Labute approximate surface area is 99.9 Å². The van der Waals surface area contributed by atoms with E-state index in [0.29, 0.717) is 12.0 Å². The lowest BCUT2D eigenvalue weighted by Gasteiger charge is -2.11. The minimum atomic E-state index is -0.962. The van der Waals surface area contributed by atoms with Crippen LogP contribution in [0.3, 0.4) is 0 Å². The largest absolute Gasteiger partial charge is 0.478 e. The van der Waals surface area contributed by atoms with Gasteiger partial charge in [-0.3, -0.25) is 0 Å². The van der Waals surface area contributed by atoms with Gasteiger partial charge < -0.3 is 9.84 Å². The molecule has 0 bridgehead atoms. The second-order valence-corrected chi connectivity index (χ2v) is 4.13. The normalized spacial score (nSPS) is 16.5. The van der Waals surface area contributed by atoms with Crippen LogP contribution in [0.4, 0.5) is 0 Å². The number of aliphatic carboxylic acids is 1. The standard InChI is InChI=1S/C13H15NO3/c15-13(16)8-6-10-5-7-12(14-9-10)17-11-3-1-2-4-11/h5-9,11H,1-4H2,(H,15,16)/b8-6-. The van der Waals surface area contributed by atoms with E-state index in [-0.39, 0.29) is 0 Å². The number of carboxylic acids is 1. The van der Waals surface area contributed by atoms with Gasteiger partial charge in [-0.25, -0.2) is 9.78 Å². The molecule has 4 heteroatoms. The molecule has 1 aromatic heterocycles. The maximum absolute atomic E-state index is 10.3. The number of carboxylic acid groups (broad SMARTS) is 1. The lowest BCUT2D eigenvalue weighted by molar-refractivity contribution is -0.131. The van der Waals surface area contributed by atoms with Crippen LogP contribution in [0.2, 0.25) is 0 Å². The molecule has 17 heavy (non-hydrogen) atoms. The summed E-state index contributed by atoms with van der Waals surface area (Å²) in [6, 6.07) is 3.58. The van der Waals surface area contributed by atoms with Gasteiger partial charge in [0.25, 0.3) is 0 Å². The van der Waals surface area contributed by atoms with Crippen LogP contribution in [0.5, 0.6) is 5.88 Å². The zero-order valence-corrected chi connectivity index (χ0v) is 9.50. The third kappa shape index (κ3) is 3.59. The van der Waals surface area contributed by atoms with Gasteiger partial charge in [0, 0.05) is 18.3 Å². The molecule has 0 spiro atoms. The summed E-state index contributed by atoms with van der Waals surface area (Å²) in [5, 5.41) is 8.49. The van der Waals surface area contributed by atoms with E-state index < -0.39 is 5.97 Å². The fourth-order valence-corrected chi connectivity index (χ4v) is 1.90. The van der Waals surface area contributed by atoms with E-state index in [2.05, 4.69) is 4.98 Å². The Morgan fingerprint density at radius 3 is 2.76 bits per heavy atom. The Morgan fingerprint density at radius 2 is 2.18 bits per heavy atom. The highest BCUT2D eigenvalue weighted by atomic mass is 16.5. The predicted molar refractivity (Wildman–Crippen MR) is 63.8 cm³/mol. The molecule has 0 aromatic carbocycles. The third-order valence-electron chi connectivity index (χ3n) is 2.77. The molecule has 1 aromatic rings. The van der Waals surface area contributed by atoms with Gasteiger partial charge in [-0.1, -0.05) is 0 Å². The first-order chi connectivity index (χ1) is 8.24. The van der Waals surface area contributed by atoms with Gasteiger partial charge in [-0.15, -0.1) is 0 Å². The van der Waals surface area contributed by atoms with Crippen molar-refractivity contribution in [2.24, 2.45) is 0 Å². The number of carbonyl (C=O) groups is 1. The molecule has 0 atom stereocenters. The highest BCUT2D eigenvalue weighted by Gasteiger charge is 2.16. The summed E-state index contributed by atoms with van der Waals surface area (Å²) in [6.45, 7) is 0. The molecule has 0 aliphatic heterocycles. The van der Waals surface area contributed by atoms with Crippen molar-refractivity contribution in [1.82, 2.24) is 4.98 Å². The summed E-state index contributed by atoms with van der Waals surface area (Å²) < 4.78 is 5.70. The molecule has 0 saturated heterocycles. The molecule has 1 heterocycles. The predicted octanol–water partition coefficient (Wildman–Crippen LogP) is 2.50. The van der Waals surface area contributed by atoms with Crippen molar-refractivity contribution in [3.63, 3.8) is 0 Å². The number of pyridine rings is 1. The monoisotopic (exact) mass is 233 g/mol.